The van der Waals surface area contributed by atoms with E-state index in [9.17, 15) is 4.79 Å². The highest BCUT2D eigenvalue weighted by molar-refractivity contribution is 5.78. The number of hydrogen-bond acceptors (Lipinski definition) is 5. The van der Waals surface area contributed by atoms with Crippen LogP contribution in [0.25, 0.3) is 0 Å². The Labute approximate surface area is 87.4 Å². The van der Waals surface area contributed by atoms with Crippen molar-refractivity contribution in [1.82, 2.24) is 20.8 Å². The Hall–Kier alpha value is -1.43. The number of rotatable bonds is 6. The van der Waals surface area contributed by atoms with E-state index in [1.54, 1.807) is 0 Å². The fourth-order valence-electron chi connectivity index (χ4n) is 1.21. The number of nitrogens with zero attached hydrogens (tertiary/aromatic N) is 2. The third kappa shape index (κ3) is 3.67. The second-order valence-corrected chi connectivity index (χ2v) is 3.60. The van der Waals surface area contributed by atoms with E-state index in [1.807, 2.05) is 0 Å². The van der Waals surface area contributed by atoms with E-state index in [4.69, 9.17) is 4.52 Å². The van der Waals surface area contributed by atoms with Gasteiger partial charge in [0.2, 0.25) is 11.8 Å². The van der Waals surface area contributed by atoms with Gasteiger partial charge in [-0.3, -0.25) is 4.79 Å². The second-order valence-electron chi connectivity index (χ2n) is 3.60. The van der Waals surface area contributed by atoms with Gasteiger partial charge in [0.05, 0.1) is 6.54 Å². The van der Waals surface area contributed by atoms with E-state index in [-0.39, 0.29) is 5.91 Å². The Bertz CT molecular complexity index is 308. The number of carbonyl (C=O) groups excluding carboxylic acids is 1. The quantitative estimate of drug-likeness (QED) is 0.618. The minimum atomic E-state index is 0.0584. The van der Waals surface area contributed by atoms with Gasteiger partial charge in [-0.2, -0.15) is 4.98 Å². The highest BCUT2D eigenvalue weighted by atomic mass is 16.5. The SMILES string of the molecule is O=C(CNCCc1ncno1)NC1CC1. The van der Waals surface area contributed by atoms with Gasteiger partial charge < -0.3 is 15.2 Å². The van der Waals surface area contributed by atoms with Crippen LogP contribution in [-0.2, 0) is 11.2 Å². The van der Waals surface area contributed by atoms with Crippen molar-refractivity contribution in [2.24, 2.45) is 0 Å². The molecule has 1 heterocycles. The van der Waals surface area contributed by atoms with Crippen molar-refractivity contribution in [3.05, 3.63) is 12.2 Å². The number of amides is 1. The summed E-state index contributed by atoms with van der Waals surface area (Å²) in [5, 5.41) is 9.40. The first kappa shape index (κ1) is 10.1. The molecule has 0 unspecified atom stereocenters. The molecule has 82 valence electrons. The van der Waals surface area contributed by atoms with E-state index in [0.29, 0.717) is 31.4 Å². The lowest BCUT2D eigenvalue weighted by atomic mass is 10.4. The molecule has 0 radical (unpaired) electrons. The van der Waals surface area contributed by atoms with Gasteiger partial charge in [0.25, 0.3) is 0 Å². The highest BCUT2D eigenvalue weighted by Crippen LogP contribution is 2.18. The lowest BCUT2D eigenvalue weighted by Crippen LogP contribution is -2.35. The number of carbonyl (C=O) groups is 1. The van der Waals surface area contributed by atoms with Gasteiger partial charge in [0, 0.05) is 19.0 Å². The van der Waals surface area contributed by atoms with Gasteiger partial charge >= 0.3 is 0 Å². The Morgan fingerprint density at radius 1 is 1.60 bits per heavy atom. The predicted octanol–water partition coefficient (Wildman–Crippen LogP) is -0.520. The topological polar surface area (TPSA) is 80.1 Å². The Morgan fingerprint density at radius 2 is 2.47 bits per heavy atom. The minimum absolute atomic E-state index is 0.0584. The van der Waals surface area contributed by atoms with E-state index in [0.717, 1.165) is 12.8 Å². The maximum atomic E-state index is 11.2. The van der Waals surface area contributed by atoms with E-state index in [2.05, 4.69) is 20.8 Å². The Morgan fingerprint density at radius 3 is 3.13 bits per heavy atom. The largest absolute Gasteiger partial charge is 0.352 e. The van der Waals surface area contributed by atoms with Gasteiger partial charge in [0.1, 0.15) is 0 Å². The van der Waals surface area contributed by atoms with Crippen molar-refractivity contribution in [3.63, 3.8) is 0 Å². The van der Waals surface area contributed by atoms with Crippen LogP contribution in [0, 0.1) is 0 Å². The first-order valence-corrected chi connectivity index (χ1v) is 5.10. The number of nitrogens with one attached hydrogen (secondary N) is 2. The first-order chi connectivity index (χ1) is 7.34. The molecule has 0 saturated heterocycles. The summed E-state index contributed by atoms with van der Waals surface area (Å²) < 4.78 is 4.81. The van der Waals surface area contributed by atoms with Crippen LogP contribution in [0.5, 0.6) is 0 Å². The van der Waals surface area contributed by atoms with Crippen LogP contribution in [0.1, 0.15) is 18.7 Å². The predicted molar refractivity (Wildman–Crippen MR) is 52.0 cm³/mol. The van der Waals surface area contributed by atoms with Crippen LogP contribution >= 0.6 is 0 Å². The summed E-state index contributed by atoms with van der Waals surface area (Å²) in [5.74, 6) is 0.646. The molecular formula is C9H14N4O2. The summed E-state index contributed by atoms with van der Waals surface area (Å²) in [4.78, 5) is 15.1. The number of hydrogen-bond donors (Lipinski definition) is 2. The summed E-state index contributed by atoms with van der Waals surface area (Å²) in [5.41, 5.74) is 0. The second kappa shape index (κ2) is 4.88. The van der Waals surface area contributed by atoms with Crippen LogP contribution in [0.4, 0.5) is 0 Å². The molecule has 1 amide bonds. The average molecular weight is 210 g/mol. The van der Waals surface area contributed by atoms with Crippen molar-refractivity contribution in [2.75, 3.05) is 13.1 Å². The standard InChI is InChI=1S/C9H14N4O2/c14-8(13-7-1-2-7)5-10-4-3-9-11-6-12-15-9/h6-7,10H,1-5H2,(H,13,14). The molecule has 2 N–H and O–H groups in total. The van der Waals surface area contributed by atoms with E-state index in [1.165, 1.54) is 6.33 Å². The van der Waals surface area contributed by atoms with E-state index < -0.39 is 0 Å². The molecule has 0 spiro atoms. The first-order valence-electron chi connectivity index (χ1n) is 5.10. The fourth-order valence-corrected chi connectivity index (χ4v) is 1.21. The van der Waals surface area contributed by atoms with Crippen LogP contribution in [0.3, 0.4) is 0 Å². The van der Waals surface area contributed by atoms with E-state index >= 15 is 0 Å². The molecule has 2 rings (SSSR count). The molecule has 0 aliphatic heterocycles. The Kier molecular flexibility index (Phi) is 3.29. The number of aromatic nitrogens is 2. The van der Waals surface area contributed by atoms with Gasteiger partial charge in [-0.05, 0) is 12.8 Å². The lowest BCUT2D eigenvalue weighted by Gasteiger charge is -2.03. The van der Waals surface area contributed by atoms with Crippen molar-refractivity contribution in [2.45, 2.75) is 25.3 Å². The maximum Gasteiger partial charge on any atom is 0.234 e. The Balaban J connectivity index is 1.52. The summed E-state index contributed by atoms with van der Waals surface area (Å²) in [7, 11) is 0. The molecule has 1 aliphatic rings. The fraction of sp³-hybridized carbons (Fsp3) is 0.667. The molecule has 0 bridgehead atoms. The smallest absolute Gasteiger partial charge is 0.234 e. The highest BCUT2D eigenvalue weighted by Gasteiger charge is 2.22. The van der Waals surface area contributed by atoms with Gasteiger partial charge in [-0.25, -0.2) is 0 Å². The molecule has 1 aromatic heterocycles. The monoisotopic (exact) mass is 210 g/mol. The van der Waals surface area contributed by atoms with Gasteiger partial charge in [-0.15, -0.1) is 0 Å². The maximum absolute atomic E-state index is 11.2. The van der Waals surface area contributed by atoms with Crippen LogP contribution in [-0.4, -0.2) is 35.2 Å². The molecule has 0 atom stereocenters. The molecule has 6 heteroatoms. The summed E-state index contributed by atoms with van der Waals surface area (Å²) in [6.07, 6.45) is 4.26. The third-order valence-corrected chi connectivity index (χ3v) is 2.15. The normalized spacial score (nSPS) is 15.2. The van der Waals surface area contributed by atoms with Crippen LogP contribution in [0.2, 0.25) is 0 Å². The van der Waals surface area contributed by atoms with Crippen molar-refractivity contribution in [3.8, 4) is 0 Å². The molecule has 1 fully saturated rings. The summed E-state index contributed by atoms with van der Waals surface area (Å²) in [6.45, 7) is 1.02. The zero-order chi connectivity index (χ0) is 10.5. The van der Waals surface area contributed by atoms with Crippen molar-refractivity contribution < 1.29 is 9.32 Å². The zero-order valence-corrected chi connectivity index (χ0v) is 8.40. The molecule has 1 saturated carbocycles. The molecule has 1 aromatic rings. The van der Waals surface area contributed by atoms with Gasteiger partial charge in [0.15, 0.2) is 6.33 Å². The minimum Gasteiger partial charge on any atom is -0.352 e. The molecular weight excluding hydrogens is 196 g/mol. The van der Waals surface area contributed by atoms with Crippen LogP contribution in [0.15, 0.2) is 10.9 Å². The molecule has 6 nitrogen and oxygen atoms in total. The zero-order valence-electron chi connectivity index (χ0n) is 8.40. The van der Waals surface area contributed by atoms with Crippen molar-refractivity contribution in [1.29, 1.82) is 0 Å². The summed E-state index contributed by atoms with van der Waals surface area (Å²) in [6, 6.07) is 0.426. The molecule has 1 aliphatic carbocycles. The summed E-state index contributed by atoms with van der Waals surface area (Å²) >= 11 is 0. The van der Waals surface area contributed by atoms with Gasteiger partial charge in [-0.1, -0.05) is 5.16 Å². The van der Waals surface area contributed by atoms with Crippen molar-refractivity contribution >= 4 is 5.91 Å². The average Bonchev–Trinajstić information content (AvgIpc) is 2.87. The third-order valence-electron chi connectivity index (χ3n) is 2.15. The van der Waals surface area contributed by atoms with Crippen LogP contribution < -0.4 is 10.6 Å². The molecule has 0 aromatic carbocycles. The lowest BCUT2D eigenvalue weighted by molar-refractivity contribution is -0.120. The molecule has 15 heavy (non-hydrogen) atoms.